The van der Waals surface area contributed by atoms with Crippen molar-refractivity contribution >= 4 is 21.7 Å². The smallest absolute Gasteiger partial charge is 0.410 e. The fourth-order valence-electron chi connectivity index (χ4n) is 3.59. The first-order valence-electron chi connectivity index (χ1n) is 10.6. The Kier molecular flexibility index (Phi) is 6.83. The summed E-state index contributed by atoms with van der Waals surface area (Å²) in [4.78, 5) is 21.8. The van der Waals surface area contributed by atoms with Gasteiger partial charge in [0.2, 0.25) is 21.6 Å². The van der Waals surface area contributed by atoms with Crippen LogP contribution in [0.1, 0.15) is 52.9 Å². The van der Waals surface area contributed by atoms with Gasteiger partial charge in [-0.2, -0.15) is 4.98 Å². The molecule has 9 nitrogen and oxygen atoms in total. The molecule has 1 aromatic rings. The molecular formula is C20H30F2N4O5S. The number of hydrogen-bond acceptors (Lipinski definition) is 8. The molecule has 1 saturated carbocycles. The van der Waals surface area contributed by atoms with Gasteiger partial charge in [0.05, 0.1) is 6.54 Å². The lowest BCUT2D eigenvalue weighted by atomic mass is 9.92. The number of carbonyl (C=O) groups excluding carboxylic acids is 1. The second kappa shape index (κ2) is 8.95. The van der Waals surface area contributed by atoms with E-state index in [9.17, 15) is 22.0 Å². The number of sulfone groups is 1. The molecule has 0 aromatic carbocycles. The monoisotopic (exact) mass is 476 g/mol. The van der Waals surface area contributed by atoms with Gasteiger partial charge in [0, 0.05) is 44.2 Å². The van der Waals surface area contributed by atoms with Crippen molar-refractivity contribution in [3.63, 3.8) is 0 Å². The molecule has 2 heterocycles. The van der Waals surface area contributed by atoms with Gasteiger partial charge in [-0.25, -0.2) is 27.0 Å². The van der Waals surface area contributed by atoms with Gasteiger partial charge in [-0.05, 0) is 33.6 Å². The van der Waals surface area contributed by atoms with Gasteiger partial charge in [0.1, 0.15) is 17.5 Å². The third-order valence-electron chi connectivity index (χ3n) is 5.17. The zero-order valence-corrected chi connectivity index (χ0v) is 19.5. The van der Waals surface area contributed by atoms with Gasteiger partial charge in [-0.15, -0.1) is 0 Å². The van der Waals surface area contributed by atoms with Gasteiger partial charge in [-0.3, -0.25) is 0 Å². The predicted molar refractivity (Wildman–Crippen MR) is 113 cm³/mol. The molecule has 2 aliphatic rings. The van der Waals surface area contributed by atoms with Crippen LogP contribution in [0.5, 0.6) is 5.88 Å². The minimum atomic E-state index is -3.73. The zero-order valence-electron chi connectivity index (χ0n) is 18.7. The van der Waals surface area contributed by atoms with Crippen molar-refractivity contribution in [1.82, 2.24) is 14.9 Å². The van der Waals surface area contributed by atoms with E-state index in [1.807, 2.05) is 0 Å². The van der Waals surface area contributed by atoms with Crippen LogP contribution in [0.2, 0.25) is 0 Å². The van der Waals surface area contributed by atoms with Gasteiger partial charge < -0.3 is 19.7 Å². The van der Waals surface area contributed by atoms with Crippen molar-refractivity contribution < 1.29 is 31.5 Å². The topological polar surface area (TPSA) is 111 Å². The number of anilines is 1. The highest BCUT2D eigenvalue weighted by molar-refractivity contribution is 7.90. The molecular weight excluding hydrogens is 446 g/mol. The Morgan fingerprint density at radius 3 is 2.47 bits per heavy atom. The Morgan fingerprint density at radius 1 is 1.22 bits per heavy atom. The molecule has 180 valence electrons. The average Bonchev–Trinajstić information content (AvgIpc) is 3.10. The van der Waals surface area contributed by atoms with Crippen LogP contribution >= 0.6 is 0 Å². The van der Waals surface area contributed by atoms with Crippen molar-refractivity contribution in [3.05, 3.63) is 6.07 Å². The molecule has 0 bridgehead atoms. The molecule has 3 rings (SSSR count). The van der Waals surface area contributed by atoms with Crippen molar-refractivity contribution in [2.45, 2.75) is 81.7 Å². The van der Waals surface area contributed by atoms with Gasteiger partial charge in [0.15, 0.2) is 0 Å². The third-order valence-corrected chi connectivity index (χ3v) is 6.01. The molecule has 32 heavy (non-hydrogen) atoms. The fourth-order valence-corrected chi connectivity index (χ4v) is 4.11. The third kappa shape index (κ3) is 6.88. The first-order chi connectivity index (χ1) is 14.7. The molecule has 1 aliphatic carbocycles. The van der Waals surface area contributed by atoms with E-state index in [2.05, 4.69) is 15.3 Å². The van der Waals surface area contributed by atoms with Crippen LogP contribution in [-0.2, 0) is 14.6 Å². The Bertz CT molecular complexity index is 942. The molecule has 0 spiro atoms. The number of rotatable bonds is 5. The fraction of sp³-hybridized carbons (Fsp3) is 0.750. The van der Waals surface area contributed by atoms with E-state index < -0.39 is 38.7 Å². The quantitative estimate of drug-likeness (QED) is 0.645. The van der Waals surface area contributed by atoms with E-state index in [0.29, 0.717) is 13.0 Å². The van der Waals surface area contributed by atoms with Crippen LogP contribution in [0.3, 0.4) is 0 Å². The summed E-state index contributed by atoms with van der Waals surface area (Å²) in [6.07, 6.45) is 0.686. The Morgan fingerprint density at radius 2 is 1.88 bits per heavy atom. The van der Waals surface area contributed by atoms with Crippen molar-refractivity contribution in [3.8, 4) is 5.88 Å². The molecule has 1 aromatic heterocycles. The maximum absolute atomic E-state index is 13.4. The molecule has 1 N–H and O–H groups in total. The molecule has 1 saturated heterocycles. The summed E-state index contributed by atoms with van der Waals surface area (Å²) in [5.74, 6) is -2.42. The summed E-state index contributed by atoms with van der Waals surface area (Å²) in [5.41, 5.74) is -0.614. The van der Waals surface area contributed by atoms with E-state index in [-0.39, 0.29) is 50.0 Å². The maximum Gasteiger partial charge on any atom is 0.410 e. The summed E-state index contributed by atoms with van der Waals surface area (Å²) in [5, 5.41) is 2.62. The normalized spacial score (nSPS) is 21.9. The SMILES string of the molecule is CC(C)(C)OC(=O)N1CCC(Oc2cc(NC3CCC(F)(F)CC3)nc(S(C)(=O)=O)n2)C1. The van der Waals surface area contributed by atoms with E-state index in [1.54, 1.807) is 20.8 Å². The van der Waals surface area contributed by atoms with E-state index >= 15 is 0 Å². The second-order valence-corrected chi connectivity index (χ2v) is 11.3. The summed E-state index contributed by atoms with van der Waals surface area (Å²) >= 11 is 0. The average molecular weight is 477 g/mol. The van der Waals surface area contributed by atoms with Crippen LogP contribution in [-0.4, -0.2) is 72.4 Å². The molecule has 1 aliphatic heterocycles. The number of alkyl halides is 2. The minimum absolute atomic E-state index is 0.0418. The van der Waals surface area contributed by atoms with Crippen molar-refractivity contribution in [2.24, 2.45) is 0 Å². The first-order valence-corrected chi connectivity index (χ1v) is 12.5. The Labute approximate surface area is 186 Å². The number of carbonyl (C=O) groups is 1. The lowest BCUT2D eigenvalue weighted by molar-refractivity contribution is -0.0361. The number of halogens is 2. The molecule has 0 radical (unpaired) electrons. The van der Waals surface area contributed by atoms with Crippen LogP contribution < -0.4 is 10.1 Å². The van der Waals surface area contributed by atoms with Gasteiger partial charge >= 0.3 is 6.09 Å². The number of ether oxygens (including phenoxy) is 2. The predicted octanol–water partition coefficient (Wildman–Crippen LogP) is 3.26. The molecule has 1 unspecified atom stereocenters. The number of aromatic nitrogens is 2. The number of nitrogens with zero attached hydrogens (tertiary/aromatic N) is 3. The van der Waals surface area contributed by atoms with Crippen LogP contribution in [0.4, 0.5) is 19.4 Å². The molecule has 1 amide bonds. The highest BCUT2D eigenvalue weighted by Gasteiger charge is 2.35. The number of amides is 1. The zero-order chi connectivity index (χ0) is 23.7. The van der Waals surface area contributed by atoms with Crippen LogP contribution in [0.15, 0.2) is 11.2 Å². The highest BCUT2D eigenvalue weighted by Crippen LogP contribution is 2.34. The van der Waals surface area contributed by atoms with Crippen molar-refractivity contribution in [1.29, 1.82) is 0 Å². The summed E-state index contributed by atoms with van der Waals surface area (Å²) in [6.45, 7) is 6.05. The second-order valence-electron chi connectivity index (χ2n) is 9.38. The molecule has 2 fully saturated rings. The molecule has 1 atom stereocenters. The largest absolute Gasteiger partial charge is 0.472 e. The lowest BCUT2D eigenvalue weighted by Gasteiger charge is -2.29. The molecule has 12 heteroatoms. The van der Waals surface area contributed by atoms with Crippen LogP contribution in [0, 0.1) is 0 Å². The lowest BCUT2D eigenvalue weighted by Crippen LogP contribution is -2.36. The van der Waals surface area contributed by atoms with E-state index in [0.717, 1.165) is 6.26 Å². The summed E-state index contributed by atoms with van der Waals surface area (Å²) in [6, 6.07) is 1.20. The Hall–Kier alpha value is -2.24. The highest BCUT2D eigenvalue weighted by atomic mass is 32.2. The first kappa shape index (κ1) is 24.4. The summed E-state index contributed by atoms with van der Waals surface area (Å²) < 4.78 is 62.2. The Balaban J connectivity index is 1.70. The van der Waals surface area contributed by atoms with Crippen LogP contribution in [0.25, 0.3) is 0 Å². The number of likely N-dealkylation sites (tertiary alicyclic amines) is 1. The van der Waals surface area contributed by atoms with Crippen molar-refractivity contribution in [2.75, 3.05) is 24.7 Å². The van der Waals surface area contributed by atoms with Gasteiger partial charge in [-0.1, -0.05) is 0 Å². The summed E-state index contributed by atoms with van der Waals surface area (Å²) in [7, 11) is -3.73. The number of nitrogens with one attached hydrogen (secondary N) is 1. The van der Waals surface area contributed by atoms with Gasteiger partial charge in [0.25, 0.3) is 5.16 Å². The number of hydrogen-bond donors (Lipinski definition) is 1. The standard InChI is InChI=1S/C20H30F2N4O5S/c1-19(2,3)31-18(27)26-10-7-14(12-26)30-16-11-15(24-17(25-16)32(4,28)29)23-13-5-8-20(21,22)9-6-13/h11,13-14H,5-10,12H2,1-4H3,(H,23,24,25). The maximum atomic E-state index is 13.4. The van der Waals surface area contributed by atoms with E-state index in [4.69, 9.17) is 9.47 Å². The van der Waals surface area contributed by atoms with E-state index in [1.165, 1.54) is 11.0 Å². The minimum Gasteiger partial charge on any atom is -0.472 e.